The molecule has 0 unspecified atom stereocenters. The van der Waals surface area contributed by atoms with Crippen molar-refractivity contribution in [2.75, 3.05) is 13.2 Å². The van der Waals surface area contributed by atoms with Crippen LogP contribution in [0.25, 0.3) is 10.9 Å². The molecule has 0 spiro atoms. The number of carbonyl (C=O) groups is 1. The predicted molar refractivity (Wildman–Crippen MR) is 112 cm³/mol. The Labute approximate surface area is 168 Å². The summed E-state index contributed by atoms with van der Waals surface area (Å²) in [6, 6.07) is 16.1. The van der Waals surface area contributed by atoms with E-state index in [1.54, 1.807) is 0 Å². The lowest BCUT2D eigenvalue weighted by Crippen LogP contribution is -2.32. The van der Waals surface area contributed by atoms with E-state index in [9.17, 15) is 4.79 Å². The zero-order chi connectivity index (χ0) is 19.3. The standard InChI is InChI=1S/C22H22ClN3O2/c23-17-7-9-20-19(12-17)16(13-25-20)10-11-24-21(27)22-26-18(14-28-22)8-6-15-4-2-1-3-5-15/h1-5,7,9,12-13,18,25H,6,8,10-11,14H2,(H,24,27)/t18-/m1/s1. The minimum Gasteiger partial charge on any atom is -0.472 e. The third-order valence-electron chi connectivity index (χ3n) is 4.92. The van der Waals surface area contributed by atoms with Gasteiger partial charge in [0.2, 0.25) is 0 Å². The molecular weight excluding hydrogens is 374 g/mol. The number of hydrogen-bond acceptors (Lipinski definition) is 3. The summed E-state index contributed by atoms with van der Waals surface area (Å²) >= 11 is 6.08. The third-order valence-corrected chi connectivity index (χ3v) is 5.16. The smallest absolute Gasteiger partial charge is 0.306 e. The first kappa shape index (κ1) is 18.6. The highest BCUT2D eigenvalue weighted by Gasteiger charge is 2.24. The number of aliphatic imine (C=N–C) groups is 1. The molecule has 4 rings (SSSR count). The number of nitrogens with zero attached hydrogens (tertiary/aromatic N) is 1. The summed E-state index contributed by atoms with van der Waals surface area (Å²) in [6.07, 6.45) is 4.46. The van der Waals surface area contributed by atoms with E-state index >= 15 is 0 Å². The van der Waals surface area contributed by atoms with Crippen molar-refractivity contribution in [2.24, 2.45) is 4.99 Å². The van der Waals surface area contributed by atoms with Crippen LogP contribution in [0.4, 0.5) is 0 Å². The minimum atomic E-state index is -0.250. The van der Waals surface area contributed by atoms with Crippen molar-refractivity contribution >= 4 is 34.3 Å². The Morgan fingerprint density at radius 3 is 2.93 bits per heavy atom. The van der Waals surface area contributed by atoms with E-state index in [1.807, 2.05) is 42.6 Å². The number of halogens is 1. The van der Waals surface area contributed by atoms with Crippen molar-refractivity contribution in [3.63, 3.8) is 0 Å². The first-order valence-corrected chi connectivity index (χ1v) is 9.85. The number of ether oxygens (including phenoxy) is 1. The number of aromatic nitrogens is 1. The number of benzene rings is 2. The molecular formula is C22H22ClN3O2. The molecule has 0 bridgehead atoms. The molecule has 0 aliphatic carbocycles. The van der Waals surface area contributed by atoms with Crippen LogP contribution in [-0.4, -0.2) is 36.0 Å². The Bertz CT molecular complexity index is 997. The summed E-state index contributed by atoms with van der Waals surface area (Å²) in [6.45, 7) is 0.978. The summed E-state index contributed by atoms with van der Waals surface area (Å²) in [7, 11) is 0. The van der Waals surface area contributed by atoms with E-state index < -0.39 is 0 Å². The first-order chi connectivity index (χ1) is 13.7. The average Bonchev–Trinajstić information content (AvgIpc) is 3.34. The fourth-order valence-corrected chi connectivity index (χ4v) is 3.58. The third kappa shape index (κ3) is 4.37. The second kappa shape index (κ2) is 8.48. The minimum absolute atomic E-state index is 0.0386. The summed E-state index contributed by atoms with van der Waals surface area (Å²) < 4.78 is 5.50. The zero-order valence-corrected chi connectivity index (χ0v) is 16.2. The van der Waals surface area contributed by atoms with Gasteiger partial charge in [-0.1, -0.05) is 41.9 Å². The van der Waals surface area contributed by atoms with E-state index in [0.29, 0.717) is 24.6 Å². The first-order valence-electron chi connectivity index (χ1n) is 9.47. The Kier molecular flexibility index (Phi) is 5.63. The van der Waals surface area contributed by atoms with Crippen molar-refractivity contribution in [1.82, 2.24) is 10.3 Å². The summed E-state index contributed by atoms with van der Waals surface area (Å²) in [5.41, 5.74) is 3.43. The van der Waals surface area contributed by atoms with Gasteiger partial charge in [0.15, 0.2) is 0 Å². The number of hydrogen-bond donors (Lipinski definition) is 2. The van der Waals surface area contributed by atoms with Crippen LogP contribution in [-0.2, 0) is 22.4 Å². The predicted octanol–water partition coefficient (Wildman–Crippen LogP) is 3.91. The molecule has 1 amide bonds. The van der Waals surface area contributed by atoms with Crippen LogP contribution < -0.4 is 5.32 Å². The van der Waals surface area contributed by atoms with Crippen LogP contribution in [0, 0.1) is 0 Å². The van der Waals surface area contributed by atoms with E-state index in [4.69, 9.17) is 16.3 Å². The molecule has 0 saturated carbocycles. The van der Waals surface area contributed by atoms with Crippen LogP contribution >= 0.6 is 11.6 Å². The molecule has 3 aromatic rings. The monoisotopic (exact) mass is 395 g/mol. The number of amides is 1. The summed E-state index contributed by atoms with van der Waals surface area (Å²) in [4.78, 5) is 20.0. The van der Waals surface area contributed by atoms with Gasteiger partial charge in [0.25, 0.3) is 5.90 Å². The highest BCUT2D eigenvalue weighted by atomic mass is 35.5. The molecule has 5 nitrogen and oxygen atoms in total. The number of rotatable bonds is 7. The van der Waals surface area contributed by atoms with Crippen LogP contribution in [0.5, 0.6) is 0 Å². The van der Waals surface area contributed by atoms with Gasteiger partial charge in [0, 0.05) is 28.7 Å². The van der Waals surface area contributed by atoms with E-state index in [1.165, 1.54) is 5.56 Å². The van der Waals surface area contributed by atoms with E-state index in [0.717, 1.165) is 29.3 Å². The Balaban J connectivity index is 1.27. The molecule has 0 fully saturated rings. The maximum Gasteiger partial charge on any atom is 0.306 e. The molecule has 2 aromatic carbocycles. The molecule has 2 N–H and O–H groups in total. The lowest BCUT2D eigenvalue weighted by atomic mass is 10.1. The lowest BCUT2D eigenvalue weighted by molar-refractivity contribution is -0.116. The lowest BCUT2D eigenvalue weighted by Gasteiger charge is -2.04. The quantitative estimate of drug-likeness (QED) is 0.637. The number of aryl methyl sites for hydroxylation is 1. The highest BCUT2D eigenvalue weighted by molar-refractivity contribution is 6.35. The SMILES string of the molecule is O=C(NCCc1c[nH]c2ccc(Cl)cc12)C1=N[C@H](CCc2ccccc2)CO1. The molecule has 1 atom stereocenters. The number of fused-ring (bicyclic) bond motifs is 1. The fraction of sp³-hybridized carbons (Fsp3) is 0.273. The molecule has 0 radical (unpaired) electrons. The van der Waals surface area contributed by atoms with Gasteiger partial charge >= 0.3 is 5.91 Å². The van der Waals surface area contributed by atoms with Gasteiger partial charge in [0.05, 0.1) is 6.04 Å². The second-order valence-electron chi connectivity index (χ2n) is 6.93. The Morgan fingerprint density at radius 2 is 2.07 bits per heavy atom. The average molecular weight is 396 g/mol. The molecule has 144 valence electrons. The van der Waals surface area contributed by atoms with Gasteiger partial charge in [-0.25, -0.2) is 4.99 Å². The van der Waals surface area contributed by atoms with Crippen LogP contribution in [0.2, 0.25) is 5.02 Å². The number of carbonyl (C=O) groups excluding carboxylic acids is 1. The van der Waals surface area contributed by atoms with Gasteiger partial charge < -0.3 is 15.0 Å². The maximum absolute atomic E-state index is 12.3. The molecule has 6 heteroatoms. The second-order valence-corrected chi connectivity index (χ2v) is 7.37. The Hall–Kier alpha value is -2.79. The molecule has 0 saturated heterocycles. The molecule has 1 aliphatic rings. The van der Waals surface area contributed by atoms with Gasteiger partial charge in [-0.15, -0.1) is 0 Å². The summed E-state index contributed by atoms with van der Waals surface area (Å²) in [5, 5.41) is 4.68. The van der Waals surface area contributed by atoms with Crippen molar-refractivity contribution in [1.29, 1.82) is 0 Å². The van der Waals surface area contributed by atoms with Gasteiger partial charge in [-0.05, 0) is 48.6 Å². The van der Waals surface area contributed by atoms with Gasteiger partial charge in [-0.3, -0.25) is 4.79 Å². The molecule has 1 aliphatic heterocycles. The Morgan fingerprint density at radius 1 is 1.21 bits per heavy atom. The van der Waals surface area contributed by atoms with Crippen LogP contribution in [0.15, 0.2) is 59.7 Å². The van der Waals surface area contributed by atoms with Gasteiger partial charge in [-0.2, -0.15) is 0 Å². The van der Waals surface area contributed by atoms with Crippen molar-refractivity contribution < 1.29 is 9.53 Å². The van der Waals surface area contributed by atoms with Crippen molar-refractivity contribution in [3.05, 3.63) is 70.9 Å². The fourth-order valence-electron chi connectivity index (χ4n) is 3.41. The normalized spacial score (nSPS) is 16.0. The number of nitrogens with one attached hydrogen (secondary N) is 2. The maximum atomic E-state index is 12.3. The van der Waals surface area contributed by atoms with Crippen molar-refractivity contribution in [3.8, 4) is 0 Å². The van der Waals surface area contributed by atoms with Crippen LogP contribution in [0.1, 0.15) is 17.5 Å². The highest BCUT2D eigenvalue weighted by Crippen LogP contribution is 2.22. The molecule has 1 aromatic heterocycles. The zero-order valence-electron chi connectivity index (χ0n) is 15.5. The van der Waals surface area contributed by atoms with E-state index in [-0.39, 0.29) is 17.8 Å². The van der Waals surface area contributed by atoms with Crippen LogP contribution in [0.3, 0.4) is 0 Å². The molecule has 28 heavy (non-hydrogen) atoms. The van der Waals surface area contributed by atoms with Crippen molar-refractivity contribution in [2.45, 2.75) is 25.3 Å². The largest absolute Gasteiger partial charge is 0.472 e. The summed E-state index contributed by atoms with van der Waals surface area (Å²) in [5.74, 6) is -0.0554. The van der Waals surface area contributed by atoms with Gasteiger partial charge in [0.1, 0.15) is 6.61 Å². The van der Waals surface area contributed by atoms with E-state index in [2.05, 4.69) is 27.4 Å². The number of aromatic amines is 1. The topological polar surface area (TPSA) is 66.5 Å². The molecule has 2 heterocycles. The number of H-pyrrole nitrogens is 1.